The van der Waals surface area contributed by atoms with Crippen molar-refractivity contribution in [1.82, 2.24) is 0 Å². The van der Waals surface area contributed by atoms with E-state index in [1.165, 1.54) is 21.9 Å². The molecule has 24 heavy (non-hydrogen) atoms. The molecular weight excluding hydrogens is 290 g/mol. The maximum Gasteiger partial charge on any atom is 0.0991 e. The summed E-state index contributed by atoms with van der Waals surface area (Å²) in [6.07, 6.45) is 0. The number of nitrogens with zero attached hydrogens (tertiary/aromatic N) is 1. The van der Waals surface area contributed by atoms with Crippen molar-refractivity contribution in [2.75, 3.05) is 0 Å². The molecule has 0 bridgehead atoms. The lowest BCUT2D eigenvalue weighted by Crippen LogP contribution is -1.84. The molecule has 112 valence electrons. The second kappa shape index (κ2) is 6.02. The number of benzene rings is 4. The Morgan fingerprint density at radius 2 is 1.25 bits per heavy atom. The lowest BCUT2D eigenvalue weighted by Gasteiger charge is -2.09. The summed E-state index contributed by atoms with van der Waals surface area (Å²) in [7, 11) is 0. The van der Waals surface area contributed by atoms with Crippen LogP contribution in [0, 0.1) is 11.3 Å². The smallest absolute Gasteiger partial charge is 0.0991 e. The Kier molecular flexibility index (Phi) is 3.57. The molecule has 1 nitrogen and oxygen atoms in total. The van der Waals surface area contributed by atoms with Crippen LogP contribution in [0.3, 0.4) is 0 Å². The van der Waals surface area contributed by atoms with Gasteiger partial charge in [0, 0.05) is 0 Å². The molecule has 0 N–H and O–H groups in total. The van der Waals surface area contributed by atoms with E-state index < -0.39 is 0 Å². The molecule has 0 aromatic heterocycles. The van der Waals surface area contributed by atoms with Crippen LogP contribution in [0.25, 0.3) is 33.0 Å². The van der Waals surface area contributed by atoms with Crippen LogP contribution in [-0.2, 0) is 0 Å². The molecule has 0 spiro atoms. The standard InChI is InChI=1S/C23H15N/c24-16-17-6-3-9-19(14-17)20-10-4-11-21(15-20)23-13-5-8-18-7-1-2-12-22(18)23/h1-15H. The molecule has 4 aromatic carbocycles. The highest BCUT2D eigenvalue weighted by Crippen LogP contribution is 2.31. The maximum absolute atomic E-state index is 9.11. The van der Waals surface area contributed by atoms with Crippen molar-refractivity contribution in [3.63, 3.8) is 0 Å². The predicted molar refractivity (Wildman–Crippen MR) is 99.5 cm³/mol. The van der Waals surface area contributed by atoms with E-state index in [-0.39, 0.29) is 0 Å². The number of hydrogen-bond acceptors (Lipinski definition) is 1. The van der Waals surface area contributed by atoms with Crippen LogP contribution in [-0.4, -0.2) is 0 Å². The monoisotopic (exact) mass is 305 g/mol. The van der Waals surface area contributed by atoms with Crippen molar-refractivity contribution in [2.45, 2.75) is 0 Å². The van der Waals surface area contributed by atoms with Gasteiger partial charge in [0.15, 0.2) is 0 Å². The van der Waals surface area contributed by atoms with E-state index in [1.54, 1.807) is 0 Å². The lowest BCUT2D eigenvalue weighted by atomic mass is 9.95. The summed E-state index contributed by atoms with van der Waals surface area (Å²) in [5, 5.41) is 11.6. The van der Waals surface area contributed by atoms with Crippen LogP contribution in [0.5, 0.6) is 0 Å². The highest BCUT2D eigenvalue weighted by atomic mass is 14.2. The third-order valence-corrected chi connectivity index (χ3v) is 4.29. The molecule has 0 atom stereocenters. The summed E-state index contributed by atoms with van der Waals surface area (Å²) < 4.78 is 0. The highest BCUT2D eigenvalue weighted by Gasteiger charge is 2.05. The van der Waals surface area contributed by atoms with Crippen LogP contribution >= 0.6 is 0 Å². The van der Waals surface area contributed by atoms with E-state index in [1.807, 2.05) is 24.3 Å². The number of nitriles is 1. The van der Waals surface area contributed by atoms with Gasteiger partial charge in [-0.05, 0) is 51.2 Å². The van der Waals surface area contributed by atoms with Gasteiger partial charge in [-0.15, -0.1) is 0 Å². The van der Waals surface area contributed by atoms with Crippen molar-refractivity contribution in [3.8, 4) is 28.3 Å². The van der Waals surface area contributed by atoms with E-state index in [2.05, 4.69) is 72.8 Å². The van der Waals surface area contributed by atoms with Gasteiger partial charge in [-0.25, -0.2) is 0 Å². The summed E-state index contributed by atoms with van der Waals surface area (Å²) in [5.41, 5.74) is 5.29. The Balaban J connectivity index is 1.87. The third kappa shape index (κ3) is 2.55. The molecule has 0 amide bonds. The van der Waals surface area contributed by atoms with Gasteiger partial charge in [0.25, 0.3) is 0 Å². The number of hydrogen-bond donors (Lipinski definition) is 0. The molecule has 0 heterocycles. The number of fused-ring (bicyclic) bond motifs is 1. The SMILES string of the molecule is N#Cc1cccc(-c2cccc(-c3cccc4ccccc34)c2)c1. The highest BCUT2D eigenvalue weighted by molar-refractivity contribution is 5.97. The van der Waals surface area contributed by atoms with Gasteiger partial charge in [0.1, 0.15) is 0 Å². The van der Waals surface area contributed by atoms with Crippen LogP contribution in [0.2, 0.25) is 0 Å². The minimum Gasteiger partial charge on any atom is -0.192 e. The number of rotatable bonds is 2. The van der Waals surface area contributed by atoms with E-state index in [0.717, 1.165) is 11.1 Å². The maximum atomic E-state index is 9.11. The molecule has 0 fully saturated rings. The molecule has 0 aliphatic heterocycles. The Morgan fingerprint density at radius 1 is 0.583 bits per heavy atom. The average molecular weight is 305 g/mol. The van der Waals surface area contributed by atoms with Gasteiger partial charge in [0.2, 0.25) is 0 Å². The van der Waals surface area contributed by atoms with Crippen molar-refractivity contribution in [3.05, 3.63) is 96.6 Å². The van der Waals surface area contributed by atoms with Crippen LogP contribution in [0.4, 0.5) is 0 Å². The molecule has 0 aliphatic rings. The molecule has 4 rings (SSSR count). The summed E-state index contributed by atoms with van der Waals surface area (Å²) >= 11 is 0. The van der Waals surface area contributed by atoms with E-state index in [4.69, 9.17) is 5.26 Å². The van der Waals surface area contributed by atoms with E-state index in [9.17, 15) is 0 Å². The first kappa shape index (κ1) is 14.2. The minimum atomic E-state index is 0.683. The third-order valence-electron chi connectivity index (χ3n) is 4.29. The van der Waals surface area contributed by atoms with Gasteiger partial charge in [-0.1, -0.05) is 72.8 Å². The van der Waals surface area contributed by atoms with Crippen LogP contribution in [0.1, 0.15) is 5.56 Å². The second-order valence-corrected chi connectivity index (χ2v) is 5.80. The molecule has 0 aliphatic carbocycles. The minimum absolute atomic E-state index is 0.683. The summed E-state index contributed by atoms with van der Waals surface area (Å²) in [6.45, 7) is 0. The molecule has 1 heteroatoms. The van der Waals surface area contributed by atoms with Gasteiger partial charge < -0.3 is 0 Å². The lowest BCUT2D eigenvalue weighted by molar-refractivity contribution is 1.48. The van der Waals surface area contributed by atoms with Crippen LogP contribution < -0.4 is 0 Å². The second-order valence-electron chi connectivity index (χ2n) is 5.80. The summed E-state index contributed by atoms with van der Waals surface area (Å²) in [5.74, 6) is 0. The van der Waals surface area contributed by atoms with Gasteiger partial charge in [0.05, 0.1) is 11.6 Å². The van der Waals surface area contributed by atoms with Crippen molar-refractivity contribution < 1.29 is 0 Å². The fraction of sp³-hybridized carbons (Fsp3) is 0. The molecule has 0 saturated heterocycles. The molecule has 4 aromatic rings. The Morgan fingerprint density at radius 3 is 2.12 bits per heavy atom. The normalized spacial score (nSPS) is 10.5. The van der Waals surface area contributed by atoms with Gasteiger partial charge in [-0.3, -0.25) is 0 Å². The van der Waals surface area contributed by atoms with E-state index in [0.29, 0.717) is 5.56 Å². The van der Waals surface area contributed by atoms with Crippen molar-refractivity contribution in [2.24, 2.45) is 0 Å². The molecule has 0 saturated carbocycles. The van der Waals surface area contributed by atoms with Gasteiger partial charge >= 0.3 is 0 Å². The van der Waals surface area contributed by atoms with E-state index >= 15 is 0 Å². The van der Waals surface area contributed by atoms with Crippen molar-refractivity contribution >= 4 is 10.8 Å². The summed E-state index contributed by atoms with van der Waals surface area (Å²) in [4.78, 5) is 0. The van der Waals surface area contributed by atoms with Crippen molar-refractivity contribution in [1.29, 1.82) is 5.26 Å². The Labute approximate surface area is 141 Å². The first-order chi connectivity index (χ1) is 11.8. The zero-order valence-electron chi connectivity index (χ0n) is 13.1. The largest absolute Gasteiger partial charge is 0.192 e. The average Bonchev–Trinajstić information content (AvgIpc) is 2.67. The first-order valence-electron chi connectivity index (χ1n) is 7.94. The zero-order valence-corrected chi connectivity index (χ0v) is 13.1. The fourth-order valence-corrected chi connectivity index (χ4v) is 3.11. The quantitative estimate of drug-likeness (QED) is 0.442. The molecule has 0 radical (unpaired) electrons. The topological polar surface area (TPSA) is 23.8 Å². The molecule has 0 unspecified atom stereocenters. The zero-order chi connectivity index (χ0) is 16.4. The predicted octanol–water partition coefficient (Wildman–Crippen LogP) is 6.05. The summed E-state index contributed by atoms with van der Waals surface area (Å²) in [6, 6.07) is 33.3. The first-order valence-corrected chi connectivity index (χ1v) is 7.94. The Bertz CT molecular complexity index is 1070. The van der Waals surface area contributed by atoms with Crippen LogP contribution in [0.15, 0.2) is 91.0 Å². The molecular formula is C23H15N. The fourth-order valence-electron chi connectivity index (χ4n) is 3.11. The van der Waals surface area contributed by atoms with Gasteiger partial charge in [-0.2, -0.15) is 5.26 Å². The Hall–Kier alpha value is -3.37.